The quantitative estimate of drug-likeness (QED) is 0.729. The molecule has 4 heteroatoms. The van der Waals surface area contributed by atoms with Crippen molar-refractivity contribution in [1.29, 1.82) is 0 Å². The number of anilines is 2. The Hall–Kier alpha value is -0.970. The average Bonchev–Trinajstić information content (AvgIpc) is 2.54. The van der Waals surface area contributed by atoms with Gasteiger partial charge in [-0.25, -0.2) is 0 Å². The number of quaternary nitrogens is 1. The zero-order chi connectivity index (χ0) is 15.7. The van der Waals surface area contributed by atoms with Crippen LogP contribution in [0.2, 0.25) is 0 Å². The second-order valence-electron chi connectivity index (χ2n) is 6.59. The Morgan fingerprint density at radius 2 is 1.43 bits per heavy atom. The van der Waals surface area contributed by atoms with Crippen LogP contribution in [0.5, 0.6) is 0 Å². The van der Waals surface area contributed by atoms with Crippen molar-refractivity contribution in [2.24, 2.45) is 0 Å². The van der Waals surface area contributed by atoms with Crippen molar-refractivity contribution in [3.63, 3.8) is 0 Å². The summed E-state index contributed by atoms with van der Waals surface area (Å²) in [4.78, 5) is 5.21. The maximum atomic E-state index is 2.50. The van der Waals surface area contributed by atoms with E-state index in [0.717, 1.165) is 17.6 Å². The summed E-state index contributed by atoms with van der Waals surface area (Å²) in [5.74, 6) is 0. The number of benzene rings is 2. The van der Waals surface area contributed by atoms with Gasteiger partial charge in [-0.15, -0.1) is 0 Å². The van der Waals surface area contributed by atoms with E-state index in [1.807, 2.05) is 11.8 Å². The fraction of sp³-hybridized carbons (Fsp3) is 0.368. The molecule has 0 saturated heterocycles. The van der Waals surface area contributed by atoms with Crippen LogP contribution >= 0.6 is 11.8 Å². The Morgan fingerprint density at radius 3 is 1.91 bits per heavy atom. The van der Waals surface area contributed by atoms with Gasteiger partial charge in [0.25, 0.3) is 0 Å². The first-order valence-corrected chi connectivity index (χ1v) is 8.80. The maximum absolute atomic E-state index is 2.50. The normalized spacial score (nSPS) is 14.5. The van der Waals surface area contributed by atoms with E-state index in [0.29, 0.717) is 6.04 Å². The van der Waals surface area contributed by atoms with Crippen LogP contribution in [0.3, 0.4) is 0 Å². The summed E-state index contributed by atoms with van der Waals surface area (Å²) in [5.41, 5.74) is 2.68. The molecule has 0 spiro atoms. The second kappa shape index (κ2) is 7.29. The van der Waals surface area contributed by atoms with E-state index >= 15 is 0 Å². The van der Waals surface area contributed by atoms with Crippen molar-refractivity contribution >= 4 is 23.1 Å². The molecule has 0 radical (unpaired) electrons. The topological polar surface area (TPSA) is 3.24 Å². The highest BCUT2D eigenvalue weighted by molar-refractivity contribution is 7.99. The molecular formula is C19H25BrN2S. The Balaban J connectivity index is 0.00000192. The lowest BCUT2D eigenvalue weighted by Crippen LogP contribution is -3.00. The molecule has 0 saturated carbocycles. The fourth-order valence-electron chi connectivity index (χ4n) is 2.77. The zero-order valence-corrected chi connectivity index (χ0v) is 16.7. The van der Waals surface area contributed by atoms with Crippen molar-refractivity contribution in [1.82, 2.24) is 0 Å². The first-order chi connectivity index (χ1) is 10.5. The fourth-order valence-corrected chi connectivity index (χ4v) is 3.87. The van der Waals surface area contributed by atoms with Crippen LogP contribution in [-0.2, 0) is 0 Å². The van der Waals surface area contributed by atoms with Gasteiger partial charge < -0.3 is 26.4 Å². The van der Waals surface area contributed by atoms with Gasteiger partial charge in [-0.1, -0.05) is 36.0 Å². The Kier molecular flexibility index (Phi) is 5.82. The van der Waals surface area contributed by atoms with Gasteiger partial charge in [-0.2, -0.15) is 0 Å². The van der Waals surface area contributed by atoms with E-state index in [2.05, 4.69) is 81.4 Å². The molecule has 3 rings (SSSR count). The molecule has 1 atom stereocenters. The number of hydrogen-bond donors (Lipinski definition) is 0. The highest BCUT2D eigenvalue weighted by Crippen LogP contribution is 2.47. The molecule has 1 heterocycles. The first kappa shape index (κ1) is 18.4. The standard InChI is InChI=1S/C19H25N2S.BrH/c1-5-21(3,4)15(2)14-20-16-10-6-8-12-18(16)22-19-13-9-7-11-17(19)20;/h6-13,15H,5,14H2,1-4H3;1H/q+1;/p-1. The molecule has 23 heavy (non-hydrogen) atoms. The van der Waals surface area contributed by atoms with Crippen LogP contribution in [0.25, 0.3) is 0 Å². The number of nitrogens with zero attached hydrogens (tertiary/aromatic N) is 2. The van der Waals surface area contributed by atoms with Gasteiger partial charge in [0.15, 0.2) is 0 Å². The maximum Gasteiger partial charge on any atom is 0.104 e. The molecule has 2 nitrogen and oxygen atoms in total. The summed E-state index contributed by atoms with van der Waals surface area (Å²) < 4.78 is 1.04. The third-order valence-corrected chi connectivity index (χ3v) is 6.12. The van der Waals surface area contributed by atoms with Gasteiger partial charge in [0.1, 0.15) is 6.04 Å². The smallest absolute Gasteiger partial charge is 0.104 e. The number of hydrogen-bond acceptors (Lipinski definition) is 2. The number of fused-ring (bicyclic) bond motifs is 2. The first-order valence-electron chi connectivity index (χ1n) is 7.99. The van der Waals surface area contributed by atoms with E-state index in [4.69, 9.17) is 0 Å². The predicted octanol–water partition coefficient (Wildman–Crippen LogP) is 1.78. The Bertz CT molecular complexity index is 626. The minimum Gasteiger partial charge on any atom is -1.00 e. The molecule has 0 amide bonds. The van der Waals surface area contributed by atoms with Crippen molar-refractivity contribution in [3.05, 3.63) is 48.5 Å². The zero-order valence-electron chi connectivity index (χ0n) is 14.3. The monoisotopic (exact) mass is 392 g/mol. The number of para-hydroxylation sites is 2. The second-order valence-corrected chi connectivity index (χ2v) is 7.68. The van der Waals surface area contributed by atoms with Gasteiger partial charge in [-0.3, -0.25) is 0 Å². The Labute approximate surface area is 154 Å². The van der Waals surface area contributed by atoms with Crippen LogP contribution in [0.1, 0.15) is 13.8 Å². The third kappa shape index (κ3) is 3.59. The highest BCUT2D eigenvalue weighted by Gasteiger charge is 2.29. The van der Waals surface area contributed by atoms with Crippen molar-refractivity contribution in [3.8, 4) is 0 Å². The summed E-state index contributed by atoms with van der Waals surface area (Å²) >= 11 is 1.88. The minimum atomic E-state index is 0. The van der Waals surface area contributed by atoms with Crippen LogP contribution in [-0.4, -0.2) is 37.7 Å². The summed E-state index contributed by atoms with van der Waals surface area (Å²) in [5, 5.41) is 0. The molecule has 1 unspecified atom stereocenters. The summed E-state index contributed by atoms with van der Waals surface area (Å²) in [6, 6.07) is 18.1. The molecule has 1 aliphatic heterocycles. The van der Waals surface area contributed by atoms with E-state index in [-0.39, 0.29) is 17.0 Å². The van der Waals surface area contributed by atoms with E-state index in [9.17, 15) is 0 Å². The molecule has 2 aromatic rings. The molecule has 124 valence electrons. The minimum absolute atomic E-state index is 0. The number of likely N-dealkylation sites (N-methyl/N-ethyl adjacent to an activating group) is 1. The van der Waals surface area contributed by atoms with Crippen LogP contribution < -0.4 is 21.9 Å². The van der Waals surface area contributed by atoms with Crippen molar-refractivity contribution in [2.75, 3.05) is 32.1 Å². The van der Waals surface area contributed by atoms with Crippen LogP contribution in [0.15, 0.2) is 58.3 Å². The largest absolute Gasteiger partial charge is 1.00 e. The summed E-state index contributed by atoms with van der Waals surface area (Å²) in [7, 11) is 4.64. The van der Waals surface area contributed by atoms with Gasteiger partial charge in [-0.05, 0) is 38.1 Å². The van der Waals surface area contributed by atoms with Gasteiger partial charge in [0.2, 0.25) is 0 Å². The lowest BCUT2D eigenvalue weighted by atomic mass is 10.1. The van der Waals surface area contributed by atoms with Crippen LogP contribution in [0.4, 0.5) is 11.4 Å². The number of halogens is 1. The number of rotatable bonds is 4. The molecular weight excluding hydrogens is 368 g/mol. The summed E-state index contributed by atoms with van der Waals surface area (Å²) in [6.07, 6.45) is 0. The van der Waals surface area contributed by atoms with Gasteiger partial charge in [0.05, 0.1) is 38.6 Å². The predicted molar refractivity (Wildman–Crippen MR) is 96.1 cm³/mol. The lowest BCUT2D eigenvalue weighted by molar-refractivity contribution is -0.909. The molecule has 0 aliphatic carbocycles. The summed E-state index contributed by atoms with van der Waals surface area (Å²) in [6.45, 7) is 6.81. The van der Waals surface area contributed by atoms with E-state index in [1.54, 1.807) is 0 Å². The molecule has 0 N–H and O–H groups in total. The third-order valence-electron chi connectivity index (χ3n) is 4.99. The Morgan fingerprint density at radius 1 is 0.957 bits per heavy atom. The van der Waals surface area contributed by atoms with Gasteiger partial charge >= 0.3 is 0 Å². The van der Waals surface area contributed by atoms with Gasteiger partial charge in [0, 0.05) is 9.79 Å². The van der Waals surface area contributed by atoms with Crippen LogP contribution in [0, 0.1) is 0 Å². The van der Waals surface area contributed by atoms with E-state index < -0.39 is 0 Å². The van der Waals surface area contributed by atoms with Crippen molar-refractivity contribution in [2.45, 2.75) is 29.7 Å². The molecule has 0 bridgehead atoms. The molecule has 0 fully saturated rings. The SMILES string of the molecule is CC[N+](C)(C)C(C)CN1c2ccccc2Sc2ccccc21.[Br-]. The van der Waals surface area contributed by atoms with Crippen molar-refractivity contribution < 1.29 is 21.5 Å². The van der Waals surface area contributed by atoms with E-state index in [1.165, 1.54) is 21.2 Å². The lowest BCUT2D eigenvalue weighted by Gasteiger charge is -2.40. The molecule has 2 aromatic carbocycles. The molecule has 0 aromatic heterocycles. The molecule has 1 aliphatic rings. The highest BCUT2D eigenvalue weighted by atomic mass is 79.9. The average molecular weight is 393 g/mol.